The van der Waals surface area contributed by atoms with Crippen LogP contribution in [0.25, 0.3) is 0 Å². The first-order valence-corrected chi connectivity index (χ1v) is 11.4. The van der Waals surface area contributed by atoms with Crippen LogP contribution in [0.2, 0.25) is 0 Å². The summed E-state index contributed by atoms with van der Waals surface area (Å²) in [5.41, 5.74) is 1.10. The van der Waals surface area contributed by atoms with Gasteiger partial charge in [-0.05, 0) is 57.4 Å². The van der Waals surface area contributed by atoms with E-state index in [2.05, 4.69) is 5.32 Å². The summed E-state index contributed by atoms with van der Waals surface area (Å²) < 4.78 is 5.22. The summed E-state index contributed by atoms with van der Waals surface area (Å²) in [6.07, 6.45) is 5.62. The molecule has 2 aliphatic rings. The van der Waals surface area contributed by atoms with Crippen molar-refractivity contribution in [3.05, 3.63) is 35.9 Å². The van der Waals surface area contributed by atoms with Gasteiger partial charge in [0.05, 0.1) is 12.6 Å². The van der Waals surface area contributed by atoms with E-state index in [1.54, 1.807) is 18.7 Å². The van der Waals surface area contributed by atoms with Crippen LogP contribution in [-0.4, -0.2) is 58.6 Å². The summed E-state index contributed by atoms with van der Waals surface area (Å²) >= 11 is 0. The summed E-state index contributed by atoms with van der Waals surface area (Å²) in [6.45, 7) is 3.74. The fourth-order valence-electron chi connectivity index (χ4n) is 5.06. The number of hydrogen-bond donors (Lipinski definition) is 2. The van der Waals surface area contributed by atoms with Crippen molar-refractivity contribution in [1.29, 1.82) is 0 Å². The molecule has 7 heteroatoms. The Morgan fingerprint density at radius 1 is 1.19 bits per heavy atom. The zero-order chi connectivity index (χ0) is 22.4. The molecule has 170 valence electrons. The zero-order valence-corrected chi connectivity index (χ0v) is 18.5. The van der Waals surface area contributed by atoms with Crippen LogP contribution < -0.4 is 5.32 Å². The largest absolute Gasteiger partial charge is 0.480 e. The number of ether oxygens (including phenoxy) is 1. The van der Waals surface area contributed by atoms with Crippen molar-refractivity contribution < 1.29 is 24.2 Å². The number of carbonyl (C=O) groups excluding carboxylic acids is 2. The Morgan fingerprint density at radius 2 is 1.90 bits per heavy atom. The molecule has 1 aliphatic carbocycles. The Hall–Kier alpha value is -2.41. The van der Waals surface area contributed by atoms with E-state index in [9.17, 15) is 19.5 Å². The van der Waals surface area contributed by atoms with E-state index in [1.807, 2.05) is 30.3 Å². The smallest absolute Gasteiger partial charge is 0.326 e. The zero-order valence-electron chi connectivity index (χ0n) is 18.5. The topological polar surface area (TPSA) is 95.9 Å². The lowest BCUT2D eigenvalue weighted by Gasteiger charge is -2.35. The van der Waals surface area contributed by atoms with Crippen molar-refractivity contribution in [1.82, 2.24) is 10.2 Å². The number of aryl methyl sites for hydroxylation is 1. The first-order chi connectivity index (χ1) is 14.9. The number of hydrogen-bond acceptors (Lipinski definition) is 5. The minimum absolute atomic E-state index is 0.0167. The highest BCUT2D eigenvalue weighted by Gasteiger charge is 2.48. The van der Waals surface area contributed by atoms with Crippen molar-refractivity contribution in [2.45, 2.75) is 83.0 Å². The number of nitrogens with zero attached hydrogens (tertiary/aromatic N) is 1. The van der Waals surface area contributed by atoms with Gasteiger partial charge in [-0.25, -0.2) is 4.79 Å². The molecular weight excluding hydrogens is 396 g/mol. The molecule has 1 aromatic carbocycles. The predicted molar refractivity (Wildman–Crippen MR) is 116 cm³/mol. The fourth-order valence-corrected chi connectivity index (χ4v) is 5.06. The molecule has 7 nitrogen and oxygen atoms in total. The van der Waals surface area contributed by atoms with Crippen LogP contribution in [0.15, 0.2) is 30.3 Å². The molecule has 0 radical (unpaired) electrons. The van der Waals surface area contributed by atoms with Crippen LogP contribution in [0.1, 0.15) is 57.9 Å². The summed E-state index contributed by atoms with van der Waals surface area (Å²) in [7, 11) is 0. The van der Waals surface area contributed by atoms with Crippen molar-refractivity contribution >= 4 is 17.8 Å². The van der Waals surface area contributed by atoms with E-state index in [4.69, 9.17) is 4.74 Å². The molecule has 1 saturated heterocycles. The monoisotopic (exact) mass is 430 g/mol. The Bertz CT molecular complexity index is 768. The molecule has 1 heterocycles. The highest BCUT2D eigenvalue weighted by atomic mass is 16.5. The molecule has 3 rings (SSSR count). The molecule has 1 saturated carbocycles. The van der Waals surface area contributed by atoms with E-state index >= 15 is 0 Å². The van der Waals surface area contributed by atoms with E-state index < -0.39 is 24.1 Å². The molecular formula is C24H34N2O5. The standard InChI is InChI=1S/C24H34N2O5/c1-3-31-24(30)19(14-13-17-9-5-4-6-10-17)25-16(2)22(27)26-20-12-8-7-11-18(20)15-21(26)23(28)29/h4-6,9-10,16,18-21,25H,3,7-8,11-15H2,1-2H3,(H,28,29)/t16?,18-,19+,20+,21+/m0/s1. The average Bonchev–Trinajstić information content (AvgIpc) is 3.16. The Kier molecular flexibility index (Phi) is 8.07. The second-order valence-corrected chi connectivity index (χ2v) is 8.66. The molecule has 1 unspecified atom stereocenters. The number of amides is 1. The third-order valence-corrected chi connectivity index (χ3v) is 6.58. The first-order valence-electron chi connectivity index (χ1n) is 11.4. The van der Waals surface area contributed by atoms with Crippen molar-refractivity contribution in [2.75, 3.05) is 6.61 Å². The van der Waals surface area contributed by atoms with Crippen LogP contribution >= 0.6 is 0 Å². The predicted octanol–water partition coefficient (Wildman–Crippen LogP) is 2.77. The number of carboxylic acid groups (broad SMARTS) is 1. The Labute approximate surface area is 184 Å². The normalized spacial score (nSPS) is 24.8. The highest BCUT2D eigenvalue weighted by molar-refractivity contribution is 5.88. The van der Waals surface area contributed by atoms with Crippen LogP contribution in [0.4, 0.5) is 0 Å². The number of aliphatic carboxylic acids is 1. The number of carbonyl (C=O) groups is 3. The van der Waals surface area contributed by atoms with Crippen molar-refractivity contribution in [3.8, 4) is 0 Å². The second-order valence-electron chi connectivity index (χ2n) is 8.66. The number of benzene rings is 1. The molecule has 0 aromatic heterocycles. The molecule has 31 heavy (non-hydrogen) atoms. The third kappa shape index (κ3) is 5.64. The maximum Gasteiger partial charge on any atom is 0.326 e. The quantitative estimate of drug-likeness (QED) is 0.585. The van der Waals surface area contributed by atoms with Gasteiger partial charge >= 0.3 is 11.9 Å². The molecule has 0 spiro atoms. The first kappa shape index (κ1) is 23.3. The molecule has 2 N–H and O–H groups in total. The van der Waals surface area contributed by atoms with Gasteiger partial charge < -0.3 is 14.7 Å². The summed E-state index contributed by atoms with van der Waals surface area (Å²) in [6, 6.07) is 7.75. The van der Waals surface area contributed by atoms with Gasteiger partial charge in [-0.2, -0.15) is 0 Å². The van der Waals surface area contributed by atoms with E-state index in [0.717, 1.165) is 31.2 Å². The Morgan fingerprint density at radius 3 is 2.58 bits per heavy atom. The molecule has 1 aliphatic heterocycles. The van der Waals surface area contributed by atoms with Gasteiger partial charge in [0.2, 0.25) is 5.91 Å². The van der Waals surface area contributed by atoms with Crippen molar-refractivity contribution in [3.63, 3.8) is 0 Å². The molecule has 1 aromatic rings. The van der Waals surface area contributed by atoms with Gasteiger partial charge in [-0.15, -0.1) is 0 Å². The van der Waals surface area contributed by atoms with Gasteiger partial charge in [0.25, 0.3) is 0 Å². The minimum Gasteiger partial charge on any atom is -0.480 e. The van der Waals surface area contributed by atoms with Crippen LogP contribution in [0.5, 0.6) is 0 Å². The maximum atomic E-state index is 13.4. The van der Waals surface area contributed by atoms with Crippen LogP contribution in [-0.2, 0) is 25.5 Å². The van der Waals surface area contributed by atoms with Gasteiger partial charge in [0.1, 0.15) is 12.1 Å². The molecule has 1 amide bonds. The van der Waals surface area contributed by atoms with Crippen LogP contribution in [0.3, 0.4) is 0 Å². The fraction of sp³-hybridized carbons (Fsp3) is 0.625. The summed E-state index contributed by atoms with van der Waals surface area (Å²) in [5.74, 6) is -1.31. The van der Waals surface area contributed by atoms with Crippen molar-refractivity contribution in [2.24, 2.45) is 5.92 Å². The summed E-state index contributed by atoms with van der Waals surface area (Å²) in [4.78, 5) is 39.3. The Balaban J connectivity index is 1.70. The SMILES string of the molecule is CCOC(=O)[C@@H](CCc1ccccc1)NC(C)C(=O)N1[C@@H](C(=O)O)C[C@@H]2CCCC[C@H]21. The minimum atomic E-state index is -0.944. The number of carboxylic acids is 1. The number of rotatable bonds is 9. The third-order valence-electron chi connectivity index (χ3n) is 6.58. The van der Waals surface area contributed by atoms with Gasteiger partial charge in [-0.3, -0.25) is 14.9 Å². The van der Waals surface area contributed by atoms with Crippen LogP contribution in [0, 0.1) is 5.92 Å². The van der Waals surface area contributed by atoms with Gasteiger partial charge in [-0.1, -0.05) is 43.2 Å². The number of fused-ring (bicyclic) bond motifs is 1. The molecule has 5 atom stereocenters. The second kappa shape index (κ2) is 10.8. The lowest BCUT2D eigenvalue weighted by Crippen LogP contribution is -2.55. The number of nitrogens with one attached hydrogen (secondary N) is 1. The maximum absolute atomic E-state index is 13.4. The highest BCUT2D eigenvalue weighted by Crippen LogP contribution is 2.40. The lowest BCUT2D eigenvalue weighted by atomic mass is 9.84. The number of likely N-dealkylation sites (tertiary alicyclic amines) is 1. The lowest BCUT2D eigenvalue weighted by molar-refractivity contribution is -0.152. The van der Waals surface area contributed by atoms with Gasteiger partial charge in [0.15, 0.2) is 0 Å². The number of esters is 1. The molecule has 2 fully saturated rings. The van der Waals surface area contributed by atoms with Gasteiger partial charge in [0, 0.05) is 6.04 Å². The van der Waals surface area contributed by atoms with E-state index in [0.29, 0.717) is 19.3 Å². The van der Waals surface area contributed by atoms with E-state index in [1.165, 1.54) is 0 Å². The molecule has 0 bridgehead atoms. The average molecular weight is 431 g/mol. The summed E-state index contributed by atoms with van der Waals surface area (Å²) in [5, 5.41) is 12.9. The van der Waals surface area contributed by atoms with E-state index in [-0.39, 0.29) is 30.4 Å².